The third kappa shape index (κ3) is 2.71. The Morgan fingerprint density at radius 1 is 1.06 bits per heavy atom. The Bertz CT molecular complexity index is 560. The van der Waals surface area contributed by atoms with Crippen LogP contribution in [0.15, 0.2) is 36.4 Å². The maximum atomic E-state index is 13.5. The van der Waals surface area contributed by atoms with Gasteiger partial charge in [0.25, 0.3) is 0 Å². The van der Waals surface area contributed by atoms with Crippen LogP contribution in [0.1, 0.15) is 28.3 Å². The van der Waals surface area contributed by atoms with Crippen LogP contribution in [-0.2, 0) is 0 Å². The van der Waals surface area contributed by atoms with Gasteiger partial charge in [-0.15, -0.1) is 0 Å². The second-order valence-corrected chi connectivity index (χ2v) is 4.98. The monoisotopic (exact) mass is 263 g/mol. The van der Waals surface area contributed by atoms with Crippen molar-refractivity contribution in [3.05, 3.63) is 69.5 Å². The molecule has 0 radical (unpaired) electrons. The van der Waals surface area contributed by atoms with Crippen LogP contribution in [0, 0.1) is 19.7 Å². The summed E-state index contributed by atoms with van der Waals surface area (Å²) in [4.78, 5) is 0. The highest BCUT2D eigenvalue weighted by Crippen LogP contribution is 2.25. The third-order valence-electron chi connectivity index (χ3n) is 2.98. The van der Waals surface area contributed by atoms with Crippen molar-refractivity contribution >= 4 is 11.6 Å². The lowest BCUT2D eigenvalue weighted by atomic mass is 9.97. The minimum absolute atomic E-state index is 0.235. The van der Waals surface area contributed by atoms with Crippen molar-refractivity contribution in [1.29, 1.82) is 0 Å². The topological polar surface area (TPSA) is 26.0 Å². The summed E-state index contributed by atoms with van der Waals surface area (Å²) in [5.74, 6) is -0.235. The van der Waals surface area contributed by atoms with E-state index in [1.807, 2.05) is 31.2 Å². The molecule has 2 rings (SSSR count). The summed E-state index contributed by atoms with van der Waals surface area (Å²) in [5, 5.41) is 0.646. The minimum atomic E-state index is -0.363. The molecule has 1 unspecified atom stereocenters. The summed E-state index contributed by atoms with van der Waals surface area (Å²) < 4.78 is 13.5. The van der Waals surface area contributed by atoms with Gasteiger partial charge in [0.05, 0.1) is 6.04 Å². The van der Waals surface area contributed by atoms with Crippen molar-refractivity contribution in [1.82, 2.24) is 0 Å². The zero-order valence-electron chi connectivity index (χ0n) is 10.4. The lowest BCUT2D eigenvalue weighted by Gasteiger charge is -2.14. The van der Waals surface area contributed by atoms with Crippen LogP contribution in [-0.4, -0.2) is 0 Å². The molecule has 1 nitrogen and oxygen atoms in total. The fourth-order valence-corrected chi connectivity index (χ4v) is 2.24. The first kappa shape index (κ1) is 13.1. The molecule has 18 heavy (non-hydrogen) atoms. The van der Waals surface area contributed by atoms with Gasteiger partial charge in [0.2, 0.25) is 0 Å². The quantitative estimate of drug-likeness (QED) is 0.866. The first-order valence-electron chi connectivity index (χ1n) is 5.76. The Kier molecular flexibility index (Phi) is 3.69. The average Bonchev–Trinajstić information content (AvgIpc) is 2.30. The largest absolute Gasteiger partial charge is 0.320 e. The summed E-state index contributed by atoms with van der Waals surface area (Å²) in [6, 6.07) is 10.4. The van der Waals surface area contributed by atoms with Crippen molar-refractivity contribution in [3.63, 3.8) is 0 Å². The lowest BCUT2D eigenvalue weighted by molar-refractivity contribution is 0.614. The summed E-state index contributed by atoms with van der Waals surface area (Å²) in [5.41, 5.74) is 9.45. The second kappa shape index (κ2) is 5.09. The number of hydrogen-bond acceptors (Lipinski definition) is 1. The van der Waals surface area contributed by atoms with Gasteiger partial charge in [-0.2, -0.15) is 0 Å². The molecule has 0 fully saturated rings. The number of halogens is 2. The van der Waals surface area contributed by atoms with Gasteiger partial charge in [-0.3, -0.25) is 0 Å². The van der Waals surface area contributed by atoms with Gasteiger partial charge < -0.3 is 5.73 Å². The Hall–Kier alpha value is -1.38. The van der Waals surface area contributed by atoms with Gasteiger partial charge in [-0.05, 0) is 54.3 Å². The molecule has 3 heteroatoms. The van der Waals surface area contributed by atoms with E-state index >= 15 is 0 Å². The Morgan fingerprint density at radius 2 is 1.78 bits per heavy atom. The van der Waals surface area contributed by atoms with Gasteiger partial charge in [0.15, 0.2) is 0 Å². The fraction of sp³-hybridized carbons (Fsp3) is 0.200. The van der Waals surface area contributed by atoms with Crippen LogP contribution in [0.3, 0.4) is 0 Å². The van der Waals surface area contributed by atoms with Crippen LogP contribution in [0.25, 0.3) is 0 Å². The van der Waals surface area contributed by atoms with E-state index in [0.29, 0.717) is 10.6 Å². The van der Waals surface area contributed by atoms with E-state index in [-0.39, 0.29) is 11.9 Å². The number of nitrogens with two attached hydrogens (primary N) is 1. The molecule has 0 aliphatic carbocycles. The first-order valence-corrected chi connectivity index (χ1v) is 6.14. The number of benzene rings is 2. The van der Waals surface area contributed by atoms with Crippen LogP contribution >= 0.6 is 11.6 Å². The van der Waals surface area contributed by atoms with Crippen molar-refractivity contribution in [3.8, 4) is 0 Å². The molecule has 2 aromatic carbocycles. The molecule has 2 aromatic rings. The predicted molar refractivity (Wildman–Crippen MR) is 73.4 cm³/mol. The molecule has 2 N–H and O–H groups in total. The molecule has 0 amide bonds. The fourth-order valence-electron chi connectivity index (χ4n) is 1.94. The van der Waals surface area contributed by atoms with Crippen molar-refractivity contribution < 1.29 is 4.39 Å². The maximum absolute atomic E-state index is 13.5. The number of rotatable bonds is 2. The van der Waals surface area contributed by atoms with Gasteiger partial charge >= 0.3 is 0 Å². The number of hydrogen-bond donors (Lipinski definition) is 1. The molecule has 0 saturated heterocycles. The zero-order valence-corrected chi connectivity index (χ0v) is 11.1. The standard InChI is InChI=1S/C15H15ClFN/c1-9-5-12(7-13(16)6-9)15(18)11-4-3-10(2)14(17)8-11/h3-8,15H,18H2,1-2H3. The summed E-state index contributed by atoms with van der Waals surface area (Å²) in [6.45, 7) is 3.69. The van der Waals surface area contributed by atoms with E-state index in [0.717, 1.165) is 16.7 Å². The Labute approximate surface area is 111 Å². The summed E-state index contributed by atoms with van der Waals surface area (Å²) in [6.07, 6.45) is 0. The van der Waals surface area contributed by atoms with Crippen LogP contribution in [0.2, 0.25) is 5.02 Å². The molecule has 0 aromatic heterocycles. The predicted octanol–water partition coefficient (Wildman–Crippen LogP) is 4.14. The molecule has 0 heterocycles. The van der Waals surface area contributed by atoms with E-state index < -0.39 is 0 Å². The maximum Gasteiger partial charge on any atom is 0.126 e. The van der Waals surface area contributed by atoms with Crippen LogP contribution < -0.4 is 5.73 Å². The molecule has 0 aliphatic rings. The SMILES string of the molecule is Cc1cc(Cl)cc(C(N)c2ccc(C)c(F)c2)c1. The van der Waals surface area contributed by atoms with Gasteiger partial charge in [0.1, 0.15) is 5.82 Å². The number of aryl methyl sites for hydroxylation is 2. The molecular formula is C15H15ClFN. The van der Waals surface area contributed by atoms with E-state index in [1.165, 1.54) is 6.07 Å². The zero-order chi connectivity index (χ0) is 13.3. The van der Waals surface area contributed by atoms with E-state index in [2.05, 4.69) is 0 Å². The smallest absolute Gasteiger partial charge is 0.126 e. The molecule has 94 valence electrons. The first-order chi connectivity index (χ1) is 8.47. The van der Waals surface area contributed by atoms with Gasteiger partial charge in [-0.1, -0.05) is 29.8 Å². The molecule has 0 spiro atoms. The second-order valence-electron chi connectivity index (χ2n) is 4.55. The lowest BCUT2D eigenvalue weighted by Crippen LogP contribution is -2.12. The van der Waals surface area contributed by atoms with Gasteiger partial charge in [0, 0.05) is 5.02 Å². The van der Waals surface area contributed by atoms with E-state index in [4.69, 9.17) is 17.3 Å². The molecule has 0 bridgehead atoms. The summed E-state index contributed by atoms with van der Waals surface area (Å²) in [7, 11) is 0. The minimum Gasteiger partial charge on any atom is -0.320 e. The van der Waals surface area contributed by atoms with Crippen molar-refractivity contribution in [2.24, 2.45) is 5.73 Å². The highest BCUT2D eigenvalue weighted by molar-refractivity contribution is 6.30. The summed E-state index contributed by atoms with van der Waals surface area (Å²) >= 11 is 6.01. The van der Waals surface area contributed by atoms with Crippen molar-refractivity contribution in [2.45, 2.75) is 19.9 Å². The van der Waals surface area contributed by atoms with Crippen LogP contribution in [0.5, 0.6) is 0 Å². The highest BCUT2D eigenvalue weighted by Gasteiger charge is 2.11. The Morgan fingerprint density at radius 3 is 2.39 bits per heavy atom. The average molecular weight is 264 g/mol. The highest BCUT2D eigenvalue weighted by atomic mass is 35.5. The van der Waals surface area contributed by atoms with E-state index in [1.54, 1.807) is 13.0 Å². The molecule has 0 aliphatic heterocycles. The Balaban J connectivity index is 2.40. The van der Waals surface area contributed by atoms with E-state index in [9.17, 15) is 4.39 Å². The molecular weight excluding hydrogens is 249 g/mol. The van der Waals surface area contributed by atoms with Crippen LogP contribution in [0.4, 0.5) is 4.39 Å². The molecule has 1 atom stereocenters. The van der Waals surface area contributed by atoms with Gasteiger partial charge in [-0.25, -0.2) is 4.39 Å². The normalized spacial score (nSPS) is 12.5. The third-order valence-corrected chi connectivity index (χ3v) is 3.20. The van der Waals surface area contributed by atoms with Crippen molar-refractivity contribution in [2.75, 3.05) is 0 Å². The molecule has 0 saturated carbocycles.